The fourth-order valence-electron chi connectivity index (χ4n) is 1.28. The van der Waals surface area contributed by atoms with E-state index in [1.165, 1.54) is 0 Å². The number of aromatic amines is 1. The maximum Gasteiger partial charge on any atom is 0.145 e. The third kappa shape index (κ3) is 2.41. The minimum atomic E-state index is 0. The zero-order chi connectivity index (χ0) is 9.97. The summed E-state index contributed by atoms with van der Waals surface area (Å²) in [7, 11) is 1.64. The lowest BCUT2D eigenvalue weighted by Gasteiger charge is -2.01. The topological polar surface area (TPSA) is 63.9 Å². The number of methoxy groups -OCH3 is 1. The summed E-state index contributed by atoms with van der Waals surface area (Å²) in [5, 5.41) is 6.70. The van der Waals surface area contributed by atoms with Crippen molar-refractivity contribution in [3.05, 3.63) is 30.3 Å². The Bertz CT molecular complexity index is 442. The third-order valence-corrected chi connectivity index (χ3v) is 1.98. The Hall–Kier alpha value is -1.68. The molecule has 0 radical (unpaired) electrons. The van der Waals surface area contributed by atoms with Crippen molar-refractivity contribution in [3.8, 4) is 17.0 Å². The molecule has 5 heteroatoms. The Morgan fingerprint density at radius 1 is 1.33 bits per heavy atom. The van der Waals surface area contributed by atoms with E-state index in [-0.39, 0.29) is 12.4 Å². The summed E-state index contributed by atoms with van der Waals surface area (Å²) in [6.45, 7) is 0. The summed E-state index contributed by atoms with van der Waals surface area (Å²) >= 11 is 0. The van der Waals surface area contributed by atoms with Crippen LogP contribution in [0.1, 0.15) is 0 Å². The van der Waals surface area contributed by atoms with E-state index in [4.69, 9.17) is 10.5 Å². The molecule has 0 unspecified atom stereocenters. The number of nitrogen functional groups attached to an aromatic ring is 1. The molecule has 1 aromatic heterocycles. The van der Waals surface area contributed by atoms with E-state index in [9.17, 15) is 0 Å². The van der Waals surface area contributed by atoms with Crippen molar-refractivity contribution in [1.82, 2.24) is 10.2 Å². The number of aromatic nitrogens is 2. The molecule has 80 valence electrons. The van der Waals surface area contributed by atoms with E-state index < -0.39 is 0 Å². The van der Waals surface area contributed by atoms with E-state index in [0.717, 1.165) is 17.0 Å². The molecule has 2 rings (SSSR count). The summed E-state index contributed by atoms with van der Waals surface area (Å²) in [5.74, 6) is 1.30. The SMILES string of the molecule is COc1cccc(-c2cc(N)n[nH]2)c1.Cl. The van der Waals surface area contributed by atoms with Crippen LogP contribution in [0.2, 0.25) is 0 Å². The highest BCUT2D eigenvalue weighted by molar-refractivity contribution is 5.85. The standard InChI is InChI=1S/C10H11N3O.ClH/c1-14-8-4-2-3-7(5-8)9-6-10(11)13-12-9;/h2-6H,1H3,(H3,11,12,13);1H. The van der Waals surface area contributed by atoms with Gasteiger partial charge in [0.05, 0.1) is 12.8 Å². The van der Waals surface area contributed by atoms with Crippen LogP contribution in [0.3, 0.4) is 0 Å². The van der Waals surface area contributed by atoms with Crippen LogP contribution in [0.5, 0.6) is 5.75 Å². The first kappa shape index (κ1) is 11.4. The van der Waals surface area contributed by atoms with Gasteiger partial charge in [-0.3, -0.25) is 5.10 Å². The lowest BCUT2D eigenvalue weighted by atomic mass is 10.1. The average molecular weight is 226 g/mol. The van der Waals surface area contributed by atoms with Crippen LogP contribution in [0.25, 0.3) is 11.3 Å². The Labute approximate surface area is 93.9 Å². The number of H-pyrrole nitrogens is 1. The predicted molar refractivity (Wildman–Crippen MR) is 62.2 cm³/mol. The molecule has 0 amide bonds. The second-order valence-corrected chi connectivity index (χ2v) is 2.94. The highest BCUT2D eigenvalue weighted by Crippen LogP contribution is 2.22. The zero-order valence-electron chi connectivity index (χ0n) is 8.23. The van der Waals surface area contributed by atoms with Crippen molar-refractivity contribution in [2.75, 3.05) is 12.8 Å². The molecule has 0 aliphatic heterocycles. The van der Waals surface area contributed by atoms with Crippen molar-refractivity contribution in [2.24, 2.45) is 0 Å². The van der Waals surface area contributed by atoms with Gasteiger partial charge in [0.2, 0.25) is 0 Å². The van der Waals surface area contributed by atoms with E-state index in [1.807, 2.05) is 24.3 Å². The highest BCUT2D eigenvalue weighted by atomic mass is 35.5. The fourth-order valence-corrected chi connectivity index (χ4v) is 1.28. The van der Waals surface area contributed by atoms with E-state index in [2.05, 4.69) is 10.2 Å². The number of hydrogen-bond donors (Lipinski definition) is 2. The summed E-state index contributed by atoms with van der Waals surface area (Å²) in [6, 6.07) is 9.49. The van der Waals surface area contributed by atoms with Crippen molar-refractivity contribution in [1.29, 1.82) is 0 Å². The van der Waals surface area contributed by atoms with Gasteiger partial charge in [-0.15, -0.1) is 12.4 Å². The van der Waals surface area contributed by atoms with Crippen LogP contribution in [-0.4, -0.2) is 17.3 Å². The van der Waals surface area contributed by atoms with Crippen LogP contribution in [0.4, 0.5) is 5.82 Å². The van der Waals surface area contributed by atoms with Crippen LogP contribution in [0, 0.1) is 0 Å². The highest BCUT2D eigenvalue weighted by Gasteiger charge is 2.01. The molecule has 1 heterocycles. The number of anilines is 1. The first-order valence-electron chi connectivity index (χ1n) is 4.25. The summed E-state index contributed by atoms with van der Waals surface area (Å²) in [6.07, 6.45) is 0. The van der Waals surface area contributed by atoms with Gasteiger partial charge in [-0.25, -0.2) is 0 Å². The molecular weight excluding hydrogens is 214 g/mol. The number of ether oxygens (including phenoxy) is 1. The molecule has 2 aromatic rings. The molecule has 0 fully saturated rings. The molecule has 1 aromatic carbocycles. The van der Waals surface area contributed by atoms with Gasteiger partial charge < -0.3 is 10.5 Å². The van der Waals surface area contributed by atoms with Gasteiger partial charge in [-0.2, -0.15) is 5.10 Å². The minimum Gasteiger partial charge on any atom is -0.497 e. The number of hydrogen-bond acceptors (Lipinski definition) is 3. The summed E-state index contributed by atoms with van der Waals surface area (Å²) in [4.78, 5) is 0. The fraction of sp³-hybridized carbons (Fsp3) is 0.100. The van der Waals surface area contributed by atoms with E-state index >= 15 is 0 Å². The quantitative estimate of drug-likeness (QED) is 0.823. The van der Waals surface area contributed by atoms with Crippen molar-refractivity contribution in [2.45, 2.75) is 0 Å². The van der Waals surface area contributed by atoms with Crippen LogP contribution in [0.15, 0.2) is 30.3 Å². The molecule has 0 aliphatic rings. The van der Waals surface area contributed by atoms with Gasteiger partial charge in [-0.1, -0.05) is 12.1 Å². The Balaban J connectivity index is 0.00000112. The Morgan fingerprint density at radius 3 is 2.73 bits per heavy atom. The lowest BCUT2D eigenvalue weighted by molar-refractivity contribution is 0.415. The minimum absolute atomic E-state index is 0. The molecule has 0 aliphatic carbocycles. The normalized spacial score (nSPS) is 9.40. The largest absolute Gasteiger partial charge is 0.497 e. The van der Waals surface area contributed by atoms with Crippen molar-refractivity contribution < 1.29 is 4.74 Å². The molecule has 15 heavy (non-hydrogen) atoms. The first-order valence-corrected chi connectivity index (χ1v) is 4.25. The number of halogens is 1. The molecule has 0 atom stereocenters. The number of rotatable bonds is 2. The van der Waals surface area contributed by atoms with Crippen LogP contribution < -0.4 is 10.5 Å². The van der Waals surface area contributed by atoms with Gasteiger partial charge in [0.1, 0.15) is 11.6 Å². The molecule has 3 N–H and O–H groups in total. The first-order chi connectivity index (χ1) is 6.79. The molecular formula is C10H12ClN3O. The second kappa shape index (κ2) is 4.70. The maximum atomic E-state index is 5.51. The van der Waals surface area contributed by atoms with Crippen molar-refractivity contribution in [3.63, 3.8) is 0 Å². The summed E-state index contributed by atoms with van der Waals surface area (Å²) < 4.78 is 5.12. The molecule has 0 spiro atoms. The molecule has 0 bridgehead atoms. The van der Waals surface area contributed by atoms with Gasteiger partial charge in [-0.05, 0) is 12.1 Å². The number of nitrogens with one attached hydrogen (secondary N) is 1. The predicted octanol–water partition coefficient (Wildman–Crippen LogP) is 2.09. The number of benzene rings is 1. The molecule has 0 saturated heterocycles. The molecule has 4 nitrogen and oxygen atoms in total. The van der Waals surface area contributed by atoms with Crippen molar-refractivity contribution >= 4 is 18.2 Å². The van der Waals surface area contributed by atoms with E-state index in [0.29, 0.717) is 5.82 Å². The smallest absolute Gasteiger partial charge is 0.145 e. The lowest BCUT2D eigenvalue weighted by Crippen LogP contribution is -1.83. The zero-order valence-corrected chi connectivity index (χ0v) is 9.04. The van der Waals surface area contributed by atoms with E-state index in [1.54, 1.807) is 13.2 Å². The monoisotopic (exact) mass is 225 g/mol. The average Bonchev–Trinajstić information content (AvgIpc) is 2.65. The molecule has 0 saturated carbocycles. The van der Waals surface area contributed by atoms with Crippen LogP contribution >= 0.6 is 12.4 Å². The second-order valence-electron chi connectivity index (χ2n) is 2.94. The summed E-state index contributed by atoms with van der Waals surface area (Å²) in [5.41, 5.74) is 7.41. The Morgan fingerprint density at radius 2 is 2.13 bits per heavy atom. The van der Waals surface area contributed by atoms with Crippen LogP contribution in [-0.2, 0) is 0 Å². The van der Waals surface area contributed by atoms with Gasteiger partial charge >= 0.3 is 0 Å². The third-order valence-electron chi connectivity index (χ3n) is 1.98. The number of nitrogens with two attached hydrogens (primary N) is 1. The maximum absolute atomic E-state index is 5.51. The van der Waals surface area contributed by atoms with Gasteiger partial charge in [0, 0.05) is 11.6 Å². The Kier molecular flexibility index (Phi) is 3.57. The van der Waals surface area contributed by atoms with Gasteiger partial charge in [0.25, 0.3) is 0 Å². The van der Waals surface area contributed by atoms with Gasteiger partial charge in [0.15, 0.2) is 0 Å². The number of nitrogens with zero attached hydrogens (tertiary/aromatic N) is 1.